The highest BCUT2D eigenvalue weighted by Crippen LogP contribution is 2.36. The zero-order chi connectivity index (χ0) is 13.9. The monoisotopic (exact) mass is 265 g/mol. The van der Waals surface area contributed by atoms with E-state index in [1.807, 2.05) is 18.7 Å². The molecule has 1 N–H and O–H groups in total. The second kappa shape index (κ2) is 5.42. The fourth-order valence-electron chi connectivity index (χ4n) is 2.41. The molecule has 0 radical (unpaired) electrons. The third-order valence-corrected chi connectivity index (χ3v) is 3.73. The zero-order valence-corrected chi connectivity index (χ0v) is 11.3. The predicted molar refractivity (Wildman–Crippen MR) is 70.4 cm³/mol. The maximum atomic E-state index is 11.4. The average molecular weight is 265 g/mol. The average Bonchev–Trinajstić information content (AvgIpc) is 2.85. The molecule has 0 aromatic carbocycles. The molecule has 0 aliphatic carbocycles. The third-order valence-electron chi connectivity index (χ3n) is 3.73. The van der Waals surface area contributed by atoms with Gasteiger partial charge in [0.2, 0.25) is 5.88 Å². The van der Waals surface area contributed by atoms with Crippen LogP contribution in [0.5, 0.6) is 5.88 Å². The van der Waals surface area contributed by atoms with Gasteiger partial charge in [0.15, 0.2) is 0 Å². The van der Waals surface area contributed by atoms with Crippen LogP contribution in [0.25, 0.3) is 0 Å². The number of aromatic nitrogens is 2. The summed E-state index contributed by atoms with van der Waals surface area (Å²) in [6, 6.07) is 1.76. The molecule has 1 fully saturated rings. The molecule has 0 bridgehead atoms. The van der Waals surface area contributed by atoms with Crippen LogP contribution in [-0.4, -0.2) is 40.7 Å². The van der Waals surface area contributed by atoms with E-state index in [0.29, 0.717) is 38.4 Å². The smallest absolute Gasteiger partial charge is 0.311 e. The van der Waals surface area contributed by atoms with Gasteiger partial charge in [-0.15, -0.1) is 0 Å². The molecule has 19 heavy (non-hydrogen) atoms. The van der Waals surface area contributed by atoms with Gasteiger partial charge in [-0.3, -0.25) is 4.79 Å². The van der Waals surface area contributed by atoms with Gasteiger partial charge in [0.1, 0.15) is 12.1 Å². The quantitative estimate of drug-likeness (QED) is 0.871. The summed E-state index contributed by atoms with van der Waals surface area (Å²) in [6.07, 6.45) is 2.72. The largest absolute Gasteiger partial charge is 0.481 e. The van der Waals surface area contributed by atoms with Crippen LogP contribution in [0.3, 0.4) is 0 Å². The van der Waals surface area contributed by atoms with E-state index in [9.17, 15) is 9.90 Å². The van der Waals surface area contributed by atoms with Crippen molar-refractivity contribution in [1.29, 1.82) is 0 Å². The molecule has 6 nitrogen and oxygen atoms in total. The molecule has 1 aromatic heterocycles. The molecule has 0 amide bonds. The SMILES string of the molecule is CCOc1cc(N2CCC(CC)(C(=O)O)C2)ncn1. The van der Waals surface area contributed by atoms with Gasteiger partial charge < -0.3 is 14.7 Å². The van der Waals surface area contributed by atoms with Crippen molar-refractivity contribution in [1.82, 2.24) is 9.97 Å². The molecule has 1 aliphatic heterocycles. The highest BCUT2D eigenvalue weighted by molar-refractivity contribution is 5.76. The normalized spacial score (nSPS) is 22.5. The standard InChI is InChI=1S/C13H19N3O3/c1-3-13(12(17)18)5-6-16(8-13)10-7-11(19-4-2)15-9-14-10/h7,9H,3-6,8H2,1-2H3,(H,17,18). The van der Waals surface area contributed by atoms with Crippen LogP contribution in [0.2, 0.25) is 0 Å². The summed E-state index contributed by atoms with van der Waals surface area (Å²) in [5, 5.41) is 9.38. The van der Waals surface area contributed by atoms with Gasteiger partial charge >= 0.3 is 5.97 Å². The Morgan fingerprint density at radius 3 is 2.89 bits per heavy atom. The fourth-order valence-corrected chi connectivity index (χ4v) is 2.41. The molecule has 0 saturated carbocycles. The van der Waals surface area contributed by atoms with Gasteiger partial charge in [0.05, 0.1) is 12.0 Å². The first-order valence-electron chi connectivity index (χ1n) is 6.54. The Bertz CT molecular complexity index is 466. The van der Waals surface area contributed by atoms with Gasteiger partial charge in [-0.2, -0.15) is 0 Å². The Hall–Kier alpha value is -1.85. The lowest BCUT2D eigenvalue weighted by Crippen LogP contribution is -2.34. The summed E-state index contributed by atoms with van der Waals surface area (Å²) in [6.45, 7) is 5.54. The second-order valence-corrected chi connectivity index (χ2v) is 4.76. The summed E-state index contributed by atoms with van der Waals surface area (Å²) in [5.74, 6) is 0.531. The molecule has 1 aromatic rings. The molecular formula is C13H19N3O3. The molecule has 1 aliphatic rings. The van der Waals surface area contributed by atoms with Crippen molar-refractivity contribution in [2.45, 2.75) is 26.7 Å². The Morgan fingerprint density at radius 2 is 2.32 bits per heavy atom. The number of rotatable bonds is 5. The van der Waals surface area contributed by atoms with Crippen molar-refractivity contribution in [3.63, 3.8) is 0 Å². The van der Waals surface area contributed by atoms with Crippen LogP contribution in [-0.2, 0) is 4.79 Å². The molecule has 6 heteroatoms. The minimum atomic E-state index is -0.725. The Kier molecular flexibility index (Phi) is 3.87. The number of nitrogens with zero attached hydrogens (tertiary/aromatic N) is 3. The van der Waals surface area contributed by atoms with Crippen molar-refractivity contribution in [2.75, 3.05) is 24.6 Å². The van der Waals surface area contributed by atoms with Crippen molar-refractivity contribution >= 4 is 11.8 Å². The molecule has 104 valence electrons. The summed E-state index contributed by atoms with van der Waals surface area (Å²) in [5.41, 5.74) is -0.656. The number of carboxylic acid groups (broad SMARTS) is 1. The maximum absolute atomic E-state index is 11.4. The van der Waals surface area contributed by atoms with Crippen molar-refractivity contribution in [3.05, 3.63) is 12.4 Å². The van der Waals surface area contributed by atoms with Crippen LogP contribution >= 0.6 is 0 Å². The van der Waals surface area contributed by atoms with Crippen molar-refractivity contribution < 1.29 is 14.6 Å². The van der Waals surface area contributed by atoms with Crippen molar-refractivity contribution in [3.8, 4) is 5.88 Å². The molecule has 1 unspecified atom stereocenters. The predicted octanol–water partition coefficient (Wildman–Crippen LogP) is 1.57. The number of carboxylic acids is 1. The molecular weight excluding hydrogens is 246 g/mol. The van der Waals surface area contributed by atoms with E-state index in [-0.39, 0.29) is 0 Å². The first kappa shape index (κ1) is 13.6. The summed E-state index contributed by atoms with van der Waals surface area (Å²) in [4.78, 5) is 21.6. The number of ether oxygens (including phenoxy) is 1. The lowest BCUT2D eigenvalue weighted by atomic mass is 9.84. The van der Waals surface area contributed by atoms with E-state index in [4.69, 9.17) is 4.74 Å². The number of anilines is 1. The summed E-state index contributed by atoms with van der Waals surface area (Å²) in [7, 11) is 0. The first-order chi connectivity index (χ1) is 9.11. The topological polar surface area (TPSA) is 75.5 Å². The summed E-state index contributed by atoms with van der Waals surface area (Å²) >= 11 is 0. The van der Waals surface area contributed by atoms with E-state index in [0.717, 1.165) is 5.82 Å². The van der Waals surface area contributed by atoms with Crippen LogP contribution in [0.1, 0.15) is 26.7 Å². The fraction of sp³-hybridized carbons (Fsp3) is 0.615. The lowest BCUT2D eigenvalue weighted by Gasteiger charge is -2.23. The Morgan fingerprint density at radius 1 is 1.53 bits per heavy atom. The number of hydrogen-bond donors (Lipinski definition) is 1. The Balaban J connectivity index is 2.16. The highest BCUT2D eigenvalue weighted by Gasteiger charge is 2.43. The van der Waals surface area contributed by atoms with E-state index >= 15 is 0 Å². The van der Waals surface area contributed by atoms with Gasteiger partial charge in [-0.25, -0.2) is 9.97 Å². The van der Waals surface area contributed by atoms with Crippen LogP contribution in [0.4, 0.5) is 5.82 Å². The van der Waals surface area contributed by atoms with E-state index in [1.54, 1.807) is 6.07 Å². The Labute approximate surface area is 112 Å². The molecule has 0 spiro atoms. The number of aliphatic carboxylic acids is 1. The van der Waals surface area contributed by atoms with Gasteiger partial charge in [0, 0.05) is 19.2 Å². The van der Waals surface area contributed by atoms with Gasteiger partial charge in [-0.1, -0.05) is 6.92 Å². The lowest BCUT2D eigenvalue weighted by molar-refractivity contribution is -0.147. The highest BCUT2D eigenvalue weighted by atomic mass is 16.5. The van der Waals surface area contributed by atoms with Crippen LogP contribution in [0.15, 0.2) is 12.4 Å². The van der Waals surface area contributed by atoms with Crippen LogP contribution < -0.4 is 9.64 Å². The molecule has 1 saturated heterocycles. The molecule has 2 heterocycles. The van der Waals surface area contributed by atoms with E-state index < -0.39 is 11.4 Å². The maximum Gasteiger partial charge on any atom is 0.311 e. The van der Waals surface area contributed by atoms with Crippen molar-refractivity contribution in [2.24, 2.45) is 5.41 Å². The van der Waals surface area contributed by atoms with Gasteiger partial charge in [-0.05, 0) is 19.8 Å². The first-order valence-corrected chi connectivity index (χ1v) is 6.54. The zero-order valence-electron chi connectivity index (χ0n) is 11.3. The van der Waals surface area contributed by atoms with E-state index in [2.05, 4.69) is 9.97 Å². The molecule has 2 rings (SSSR count). The minimum Gasteiger partial charge on any atom is -0.481 e. The number of hydrogen-bond acceptors (Lipinski definition) is 5. The second-order valence-electron chi connectivity index (χ2n) is 4.76. The summed E-state index contributed by atoms with van der Waals surface area (Å²) < 4.78 is 5.34. The molecule has 1 atom stereocenters. The van der Waals surface area contributed by atoms with Gasteiger partial charge in [0.25, 0.3) is 0 Å². The third kappa shape index (κ3) is 2.62. The minimum absolute atomic E-state index is 0.488. The van der Waals surface area contributed by atoms with Crippen LogP contribution in [0, 0.1) is 5.41 Å². The number of carbonyl (C=O) groups is 1. The van der Waals surface area contributed by atoms with E-state index in [1.165, 1.54) is 6.33 Å².